The summed E-state index contributed by atoms with van der Waals surface area (Å²) in [6, 6.07) is 5.44. The molecule has 0 saturated heterocycles. The fraction of sp³-hybridized carbons (Fsp3) is 0.167. The van der Waals surface area contributed by atoms with E-state index in [2.05, 4.69) is 16.5 Å². The second kappa shape index (κ2) is 5.14. The van der Waals surface area contributed by atoms with E-state index in [4.69, 9.17) is 9.84 Å². The molecule has 0 aliphatic carbocycles. The maximum atomic E-state index is 10.9. The summed E-state index contributed by atoms with van der Waals surface area (Å²) < 4.78 is 5.11. The first kappa shape index (κ1) is 12.5. The molecule has 1 unspecified atom stereocenters. The number of benzene rings is 1. The van der Waals surface area contributed by atoms with Gasteiger partial charge >= 0.3 is 5.97 Å². The SMILES string of the molecule is C=CC(Sc1nc2ccc(OC)cc2[nH]1)C(=O)O. The Labute approximate surface area is 108 Å². The zero-order valence-corrected chi connectivity index (χ0v) is 10.5. The van der Waals surface area contributed by atoms with Crippen molar-refractivity contribution in [3.05, 3.63) is 30.9 Å². The molecule has 0 fully saturated rings. The Hall–Kier alpha value is -1.95. The normalized spacial score (nSPS) is 12.3. The van der Waals surface area contributed by atoms with E-state index in [1.165, 1.54) is 6.08 Å². The molecule has 1 atom stereocenters. The van der Waals surface area contributed by atoms with Crippen LogP contribution in [-0.4, -0.2) is 33.4 Å². The monoisotopic (exact) mass is 264 g/mol. The second-order valence-electron chi connectivity index (χ2n) is 3.54. The fourth-order valence-electron chi connectivity index (χ4n) is 1.47. The van der Waals surface area contributed by atoms with Crippen molar-refractivity contribution >= 4 is 28.8 Å². The van der Waals surface area contributed by atoms with Gasteiger partial charge in [-0.05, 0) is 12.1 Å². The van der Waals surface area contributed by atoms with Crippen LogP contribution in [0.15, 0.2) is 36.0 Å². The van der Waals surface area contributed by atoms with Crippen LogP contribution in [0.1, 0.15) is 0 Å². The van der Waals surface area contributed by atoms with Gasteiger partial charge in [-0.15, -0.1) is 6.58 Å². The summed E-state index contributed by atoms with van der Waals surface area (Å²) in [6.07, 6.45) is 1.38. The van der Waals surface area contributed by atoms with E-state index in [1.807, 2.05) is 12.1 Å². The zero-order valence-electron chi connectivity index (χ0n) is 9.71. The Morgan fingerprint density at radius 3 is 3.06 bits per heavy atom. The summed E-state index contributed by atoms with van der Waals surface area (Å²) in [6.45, 7) is 3.50. The molecule has 6 heteroatoms. The number of hydrogen-bond donors (Lipinski definition) is 2. The Morgan fingerprint density at radius 1 is 1.67 bits per heavy atom. The molecule has 1 aromatic carbocycles. The molecule has 0 aliphatic rings. The minimum atomic E-state index is -0.937. The number of thioether (sulfide) groups is 1. The average Bonchev–Trinajstić information content (AvgIpc) is 2.76. The Morgan fingerprint density at radius 2 is 2.44 bits per heavy atom. The molecule has 18 heavy (non-hydrogen) atoms. The van der Waals surface area contributed by atoms with Crippen LogP contribution in [-0.2, 0) is 4.79 Å². The summed E-state index contributed by atoms with van der Waals surface area (Å²) in [4.78, 5) is 18.2. The molecule has 5 nitrogen and oxygen atoms in total. The predicted octanol–water partition coefficient (Wildman–Crippen LogP) is 2.30. The van der Waals surface area contributed by atoms with Gasteiger partial charge in [-0.1, -0.05) is 17.8 Å². The van der Waals surface area contributed by atoms with E-state index in [-0.39, 0.29) is 0 Å². The highest BCUT2D eigenvalue weighted by atomic mass is 32.2. The van der Waals surface area contributed by atoms with Gasteiger partial charge in [0.2, 0.25) is 0 Å². The minimum absolute atomic E-state index is 0.547. The molecule has 0 amide bonds. The van der Waals surface area contributed by atoms with Crippen molar-refractivity contribution in [1.82, 2.24) is 9.97 Å². The molecule has 0 spiro atoms. The number of carbonyl (C=O) groups is 1. The molecule has 0 saturated carbocycles. The number of rotatable bonds is 5. The molecule has 2 rings (SSSR count). The highest BCUT2D eigenvalue weighted by Gasteiger charge is 2.17. The first-order chi connectivity index (χ1) is 8.63. The lowest BCUT2D eigenvalue weighted by atomic mass is 10.3. The van der Waals surface area contributed by atoms with Crippen molar-refractivity contribution in [3.63, 3.8) is 0 Å². The number of aromatic amines is 1. The van der Waals surface area contributed by atoms with Crippen molar-refractivity contribution in [3.8, 4) is 5.75 Å². The number of carboxylic acids is 1. The van der Waals surface area contributed by atoms with E-state index in [0.29, 0.717) is 5.16 Å². The van der Waals surface area contributed by atoms with Crippen molar-refractivity contribution < 1.29 is 14.6 Å². The number of methoxy groups -OCH3 is 1. The molecule has 2 aromatic rings. The first-order valence-corrected chi connectivity index (χ1v) is 6.08. The smallest absolute Gasteiger partial charge is 0.321 e. The number of imidazole rings is 1. The Balaban J connectivity index is 2.29. The molecular weight excluding hydrogens is 252 g/mol. The van der Waals surface area contributed by atoms with E-state index in [1.54, 1.807) is 13.2 Å². The lowest BCUT2D eigenvalue weighted by Gasteiger charge is -2.02. The molecule has 1 aromatic heterocycles. The van der Waals surface area contributed by atoms with E-state index < -0.39 is 11.2 Å². The molecule has 2 N–H and O–H groups in total. The number of H-pyrrole nitrogens is 1. The van der Waals surface area contributed by atoms with Gasteiger partial charge in [-0.3, -0.25) is 4.79 Å². The van der Waals surface area contributed by atoms with Crippen molar-refractivity contribution in [2.75, 3.05) is 7.11 Å². The lowest BCUT2D eigenvalue weighted by Crippen LogP contribution is -2.12. The molecule has 94 valence electrons. The number of hydrogen-bond acceptors (Lipinski definition) is 4. The van der Waals surface area contributed by atoms with Gasteiger partial charge in [-0.25, -0.2) is 4.98 Å². The van der Waals surface area contributed by atoms with Gasteiger partial charge in [0.05, 0.1) is 18.1 Å². The number of aliphatic carboxylic acids is 1. The van der Waals surface area contributed by atoms with Crippen LogP contribution in [0.5, 0.6) is 5.75 Å². The van der Waals surface area contributed by atoms with Gasteiger partial charge < -0.3 is 14.8 Å². The number of nitrogens with zero attached hydrogens (tertiary/aromatic N) is 1. The van der Waals surface area contributed by atoms with Crippen LogP contribution in [0.2, 0.25) is 0 Å². The molecule has 0 radical (unpaired) electrons. The van der Waals surface area contributed by atoms with Gasteiger partial charge in [0.25, 0.3) is 0 Å². The van der Waals surface area contributed by atoms with Crippen molar-refractivity contribution in [2.24, 2.45) is 0 Å². The van der Waals surface area contributed by atoms with Crippen molar-refractivity contribution in [1.29, 1.82) is 0 Å². The Kier molecular flexibility index (Phi) is 3.57. The van der Waals surface area contributed by atoms with Crippen LogP contribution in [0.4, 0.5) is 0 Å². The molecule has 0 bridgehead atoms. The summed E-state index contributed by atoms with van der Waals surface area (Å²) in [5.41, 5.74) is 1.58. The van der Waals surface area contributed by atoms with Crippen LogP contribution >= 0.6 is 11.8 Å². The topological polar surface area (TPSA) is 75.2 Å². The summed E-state index contributed by atoms with van der Waals surface area (Å²) in [7, 11) is 1.59. The van der Waals surface area contributed by atoms with E-state index in [0.717, 1.165) is 28.5 Å². The third-order valence-corrected chi connectivity index (χ3v) is 3.43. The summed E-state index contributed by atoms with van der Waals surface area (Å²) in [5, 5.41) is 8.77. The van der Waals surface area contributed by atoms with E-state index in [9.17, 15) is 4.79 Å². The highest BCUT2D eigenvalue weighted by Crippen LogP contribution is 2.26. The van der Waals surface area contributed by atoms with Crippen LogP contribution in [0.3, 0.4) is 0 Å². The van der Waals surface area contributed by atoms with E-state index >= 15 is 0 Å². The first-order valence-electron chi connectivity index (χ1n) is 5.20. The largest absolute Gasteiger partial charge is 0.497 e. The third kappa shape index (κ3) is 2.48. The number of nitrogens with one attached hydrogen (secondary N) is 1. The van der Waals surface area contributed by atoms with Crippen LogP contribution in [0.25, 0.3) is 11.0 Å². The van der Waals surface area contributed by atoms with Gasteiger partial charge in [0.1, 0.15) is 11.0 Å². The van der Waals surface area contributed by atoms with Crippen LogP contribution in [0, 0.1) is 0 Å². The summed E-state index contributed by atoms with van der Waals surface area (Å²) >= 11 is 1.11. The third-order valence-electron chi connectivity index (χ3n) is 2.36. The lowest BCUT2D eigenvalue weighted by molar-refractivity contribution is -0.135. The Bertz CT molecular complexity index is 594. The van der Waals surface area contributed by atoms with Crippen molar-refractivity contribution in [2.45, 2.75) is 10.4 Å². The second-order valence-corrected chi connectivity index (χ2v) is 4.67. The highest BCUT2D eigenvalue weighted by molar-refractivity contribution is 8.00. The molecule has 0 aliphatic heterocycles. The number of aromatic nitrogens is 2. The van der Waals surface area contributed by atoms with Gasteiger partial charge in [0.15, 0.2) is 5.16 Å². The quantitative estimate of drug-likeness (QED) is 0.640. The zero-order chi connectivity index (χ0) is 13.1. The van der Waals surface area contributed by atoms with Crippen LogP contribution < -0.4 is 4.74 Å². The fourth-order valence-corrected chi connectivity index (χ4v) is 2.23. The molecular formula is C12H12N2O3S. The minimum Gasteiger partial charge on any atom is -0.497 e. The average molecular weight is 264 g/mol. The van der Waals surface area contributed by atoms with Gasteiger partial charge in [-0.2, -0.15) is 0 Å². The predicted molar refractivity (Wildman–Crippen MR) is 70.1 cm³/mol. The standard InChI is InChI=1S/C12H12N2O3S/c1-3-10(11(15)16)18-12-13-8-5-4-7(17-2)6-9(8)14-12/h3-6,10H,1H2,2H3,(H,13,14)(H,15,16). The molecule has 1 heterocycles. The number of ether oxygens (including phenoxy) is 1. The maximum absolute atomic E-state index is 10.9. The number of fused-ring (bicyclic) bond motifs is 1. The maximum Gasteiger partial charge on any atom is 0.321 e. The number of carboxylic acid groups (broad SMARTS) is 1. The van der Waals surface area contributed by atoms with Gasteiger partial charge in [0, 0.05) is 6.07 Å². The summed E-state index contributed by atoms with van der Waals surface area (Å²) in [5.74, 6) is -0.214.